The Morgan fingerprint density at radius 2 is 1.96 bits per heavy atom. The van der Waals surface area contributed by atoms with Gasteiger partial charge in [0.05, 0.1) is 19.9 Å². The largest absolute Gasteiger partial charge is 0.493 e. The number of benzene rings is 2. The van der Waals surface area contributed by atoms with Crippen molar-refractivity contribution < 1.29 is 9.47 Å². The van der Waals surface area contributed by atoms with Gasteiger partial charge in [0.15, 0.2) is 17.3 Å². The first-order valence-corrected chi connectivity index (χ1v) is 8.63. The average Bonchev–Trinajstić information content (AvgIpc) is 3.02. The fourth-order valence-corrected chi connectivity index (χ4v) is 2.63. The number of aromatic amines is 1. The van der Waals surface area contributed by atoms with Crippen LogP contribution in [0.1, 0.15) is 18.1 Å². The molecule has 0 saturated carbocycles. The topological polar surface area (TPSA) is 64.4 Å². The molecule has 6 nitrogen and oxygen atoms in total. The lowest BCUT2D eigenvalue weighted by Crippen LogP contribution is -1.98. The monoisotopic (exact) mass is 368 g/mol. The number of rotatable bonds is 6. The zero-order chi connectivity index (χ0) is 18.5. The lowest BCUT2D eigenvalue weighted by Gasteiger charge is -2.09. The van der Waals surface area contributed by atoms with Crippen molar-refractivity contribution in [2.45, 2.75) is 13.8 Å². The van der Waals surface area contributed by atoms with Crippen molar-refractivity contribution in [3.63, 3.8) is 0 Å². The summed E-state index contributed by atoms with van der Waals surface area (Å²) in [5.74, 6) is 2.02. The van der Waals surface area contributed by atoms with Crippen LogP contribution < -0.4 is 9.47 Å². The van der Waals surface area contributed by atoms with Crippen LogP contribution in [0.5, 0.6) is 11.5 Å². The lowest BCUT2D eigenvalue weighted by atomic mass is 10.1. The summed E-state index contributed by atoms with van der Waals surface area (Å²) in [4.78, 5) is 0. The van der Waals surface area contributed by atoms with E-state index >= 15 is 0 Å². The Bertz CT molecular complexity index is 974. The molecule has 1 heterocycles. The Kier molecular flexibility index (Phi) is 5.48. The van der Waals surface area contributed by atoms with E-state index in [1.807, 2.05) is 56.3 Å². The fourth-order valence-electron chi connectivity index (χ4n) is 2.45. The van der Waals surface area contributed by atoms with Gasteiger partial charge in [-0.3, -0.25) is 0 Å². The smallest absolute Gasteiger partial charge is 0.216 e. The predicted molar refractivity (Wildman–Crippen MR) is 105 cm³/mol. The number of H-pyrrole nitrogens is 1. The first kappa shape index (κ1) is 17.9. The van der Waals surface area contributed by atoms with E-state index < -0.39 is 0 Å². The molecule has 134 valence electrons. The highest BCUT2D eigenvalue weighted by atomic mass is 32.1. The second-order valence-electron chi connectivity index (χ2n) is 5.62. The second kappa shape index (κ2) is 7.97. The zero-order valence-corrected chi connectivity index (χ0v) is 15.7. The van der Waals surface area contributed by atoms with Gasteiger partial charge in [0.25, 0.3) is 0 Å². The standard InChI is InChI=1S/C19H20N4O2S/c1-4-25-17-11-14(7-10-16(17)24-3)12-20-23-18(21-22-19(23)26)15-8-5-13(2)6-9-15/h5-12H,4H2,1-3H3,(H,22,26)/b20-12+. The maximum Gasteiger partial charge on any atom is 0.216 e. The van der Waals surface area contributed by atoms with E-state index in [2.05, 4.69) is 15.3 Å². The molecule has 26 heavy (non-hydrogen) atoms. The van der Waals surface area contributed by atoms with E-state index in [9.17, 15) is 0 Å². The van der Waals surface area contributed by atoms with E-state index in [1.54, 1.807) is 18.0 Å². The Morgan fingerprint density at radius 3 is 2.65 bits per heavy atom. The molecule has 3 rings (SSSR count). The number of ether oxygens (including phenoxy) is 2. The summed E-state index contributed by atoms with van der Waals surface area (Å²) in [6, 6.07) is 13.7. The van der Waals surface area contributed by atoms with Gasteiger partial charge >= 0.3 is 0 Å². The molecular weight excluding hydrogens is 348 g/mol. The van der Waals surface area contributed by atoms with Crippen molar-refractivity contribution in [2.75, 3.05) is 13.7 Å². The molecule has 7 heteroatoms. The highest BCUT2D eigenvalue weighted by Gasteiger charge is 2.08. The number of methoxy groups -OCH3 is 1. The number of hydrogen-bond acceptors (Lipinski definition) is 5. The zero-order valence-electron chi connectivity index (χ0n) is 14.9. The fraction of sp³-hybridized carbons (Fsp3) is 0.211. The maximum atomic E-state index is 5.60. The number of aromatic nitrogens is 3. The minimum absolute atomic E-state index is 0.426. The van der Waals surface area contributed by atoms with Crippen molar-refractivity contribution >= 4 is 18.4 Å². The number of aryl methyl sites for hydroxylation is 1. The van der Waals surface area contributed by atoms with Crippen LogP contribution in [-0.4, -0.2) is 34.8 Å². The van der Waals surface area contributed by atoms with Gasteiger partial charge in [-0.2, -0.15) is 14.9 Å². The van der Waals surface area contributed by atoms with E-state index in [1.165, 1.54) is 5.56 Å². The molecule has 2 aromatic carbocycles. The number of hydrogen-bond donors (Lipinski definition) is 1. The van der Waals surface area contributed by atoms with Crippen molar-refractivity contribution in [3.8, 4) is 22.9 Å². The van der Waals surface area contributed by atoms with Gasteiger partial charge in [0.2, 0.25) is 4.77 Å². The molecule has 0 atom stereocenters. The molecule has 0 saturated heterocycles. The second-order valence-corrected chi connectivity index (χ2v) is 6.00. The Labute approximate surface area is 157 Å². The molecule has 3 aromatic rings. The molecule has 0 aliphatic heterocycles. The van der Waals surface area contributed by atoms with Crippen LogP contribution in [-0.2, 0) is 0 Å². The third-order valence-corrected chi connectivity index (χ3v) is 4.03. The van der Waals surface area contributed by atoms with Crippen molar-refractivity contribution in [1.82, 2.24) is 14.9 Å². The van der Waals surface area contributed by atoms with Gasteiger partial charge < -0.3 is 9.47 Å². The van der Waals surface area contributed by atoms with Crippen LogP contribution in [0.3, 0.4) is 0 Å². The average molecular weight is 368 g/mol. The van der Waals surface area contributed by atoms with E-state index in [0.717, 1.165) is 11.1 Å². The van der Waals surface area contributed by atoms with E-state index in [0.29, 0.717) is 28.7 Å². The molecule has 0 spiro atoms. The van der Waals surface area contributed by atoms with Crippen LogP contribution >= 0.6 is 12.2 Å². The SMILES string of the molecule is CCOc1cc(/C=N/n2c(-c3ccc(C)cc3)n[nH]c2=S)ccc1OC. The van der Waals surface area contributed by atoms with Crippen LogP contribution in [0.25, 0.3) is 11.4 Å². The molecule has 0 unspecified atom stereocenters. The van der Waals surface area contributed by atoms with E-state index in [4.69, 9.17) is 21.7 Å². The Balaban J connectivity index is 1.94. The summed E-state index contributed by atoms with van der Waals surface area (Å²) in [7, 11) is 1.62. The maximum absolute atomic E-state index is 5.60. The molecule has 0 aliphatic rings. The molecular formula is C19H20N4O2S. The van der Waals surface area contributed by atoms with Gasteiger partial charge in [0.1, 0.15) is 0 Å². The van der Waals surface area contributed by atoms with Crippen molar-refractivity contribution in [2.24, 2.45) is 5.10 Å². The third-order valence-electron chi connectivity index (χ3n) is 3.77. The van der Waals surface area contributed by atoms with Crippen molar-refractivity contribution in [3.05, 3.63) is 58.4 Å². The summed E-state index contributed by atoms with van der Waals surface area (Å²) in [5.41, 5.74) is 2.98. The Morgan fingerprint density at radius 1 is 1.19 bits per heavy atom. The summed E-state index contributed by atoms with van der Waals surface area (Å²) in [6.07, 6.45) is 1.71. The molecule has 1 N–H and O–H groups in total. The summed E-state index contributed by atoms with van der Waals surface area (Å²) in [5, 5.41) is 11.6. The third kappa shape index (κ3) is 3.83. The predicted octanol–water partition coefficient (Wildman–Crippen LogP) is 4.21. The molecule has 0 amide bonds. The van der Waals surface area contributed by atoms with E-state index in [-0.39, 0.29) is 0 Å². The first-order valence-electron chi connectivity index (χ1n) is 8.22. The van der Waals surface area contributed by atoms with Crippen molar-refractivity contribution in [1.29, 1.82) is 0 Å². The van der Waals surface area contributed by atoms with Crippen LogP contribution in [0, 0.1) is 11.7 Å². The van der Waals surface area contributed by atoms with Crippen LogP contribution in [0.15, 0.2) is 47.6 Å². The van der Waals surface area contributed by atoms with Gasteiger partial charge in [-0.05, 0) is 49.8 Å². The highest BCUT2D eigenvalue weighted by molar-refractivity contribution is 7.71. The number of nitrogens with zero attached hydrogens (tertiary/aromatic N) is 3. The quantitative estimate of drug-likeness (QED) is 0.523. The molecule has 0 aliphatic carbocycles. The number of nitrogens with one attached hydrogen (secondary N) is 1. The molecule has 0 bridgehead atoms. The summed E-state index contributed by atoms with van der Waals surface area (Å²) in [6.45, 7) is 4.53. The lowest BCUT2D eigenvalue weighted by molar-refractivity contribution is 0.311. The van der Waals surface area contributed by atoms with Gasteiger partial charge in [-0.15, -0.1) is 0 Å². The van der Waals surface area contributed by atoms with Crippen LogP contribution in [0.2, 0.25) is 0 Å². The minimum atomic E-state index is 0.426. The molecule has 0 fully saturated rings. The minimum Gasteiger partial charge on any atom is -0.493 e. The summed E-state index contributed by atoms with van der Waals surface area (Å²) < 4.78 is 12.9. The van der Waals surface area contributed by atoms with Gasteiger partial charge in [0, 0.05) is 5.56 Å². The normalized spacial score (nSPS) is 11.0. The van der Waals surface area contributed by atoms with Crippen LogP contribution in [0.4, 0.5) is 0 Å². The van der Waals surface area contributed by atoms with Gasteiger partial charge in [-0.1, -0.05) is 29.8 Å². The Hall–Kier alpha value is -2.93. The first-order chi connectivity index (χ1) is 12.6. The highest BCUT2D eigenvalue weighted by Crippen LogP contribution is 2.27. The summed E-state index contributed by atoms with van der Waals surface area (Å²) >= 11 is 5.31. The van der Waals surface area contributed by atoms with Gasteiger partial charge in [-0.25, -0.2) is 5.10 Å². The molecule has 0 radical (unpaired) electrons. The molecule has 1 aromatic heterocycles.